The highest BCUT2D eigenvalue weighted by Gasteiger charge is 2.22. The number of amidine groups is 1. The number of aliphatic imine (C=N–C) groups is 1. The van der Waals surface area contributed by atoms with Crippen molar-refractivity contribution in [2.45, 2.75) is 53.5 Å². The monoisotopic (exact) mass is 563 g/mol. The molecule has 1 unspecified atom stereocenters. The second kappa shape index (κ2) is 14.0. The number of allylic oxidation sites excluding steroid dienone is 1. The lowest BCUT2D eigenvalue weighted by Gasteiger charge is -2.34. The van der Waals surface area contributed by atoms with Crippen LogP contribution in [0.5, 0.6) is 0 Å². The minimum absolute atomic E-state index is 0.0175. The number of amides is 3. The van der Waals surface area contributed by atoms with Crippen molar-refractivity contribution in [3.8, 4) is 23.8 Å². The van der Waals surface area contributed by atoms with E-state index in [-0.39, 0.29) is 11.9 Å². The Labute approximate surface area is 248 Å². The zero-order chi connectivity index (χ0) is 30.1. The third kappa shape index (κ3) is 7.80. The Hall–Kier alpha value is -5.02. The van der Waals surface area contributed by atoms with Gasteiger partial charge in [-0.2, -0.15) is 4.99 Å². The Morgan fingerprint density at radius 1 is 1.12 bits per heavy atom. The predicted molar refractivity (Wildman–Crippen MR) is 170 cm³/mol. The number of pyridine rings is 1. The van der Waals surface area contributed by atoms with Crippen LogP contribution >= 0.6 is 0 Å². The fourth-order valence-electron chi connectivity index (χ4n) is 4.77. The van der Waals surface area contributed by atoms with Gasteiger partial charge in [-0.1, -0.05) is 43.4 Å². The third-order valence-corrected chi connectivity index (χ3v) is 7.17. The number of anilines is 3. The van der Waals surface area contributed by atoms with Crippen LogP contribution in [0, 0.1) is 29.7 Å². The first-order valence-electron chi connectivity index (χ1n) is 14.1. The number of piperidine rings is 1. The zero-order valence-corrected chi connectivity index (χ0v) is 24.8. The highest BCUT2D eigenvalue weighted by Crippen LogP contribution is 2.27. The maximum atomic E-state index is 12.8. The van der Waals surface area contributed by atoms with Crippen molar-refractivity contribution in [3.05, 3.63) is 65.4 Å². The predicted octanol–water partition coefficient (Wildman–Crippen LogP) is 5.13. The molecule has 2 aromatic rings. The van der Waals surface area contributed by atoms with Gasteiger partial charge in [-0.15, -0.1) is 0 Å². The van der Waals surface area contributed by atoms with Crippen molar-refractivity contribution in [1.82, 2.24) is 15.6 Å². The van der Waals surface area contributed by atoms with Gasteiger partial charge in [0, 0.05) is 60.1 Å². The number of aromatic nitrogens is 1. The Bertz CT molecular complexity index is 1550. The molecule has 42 heavy (non-hydrogen) atoms. The molecule has 1 aromatic carbocycles. The second-order valence-electron chi connectivity index (χ2n) is 10.4. The molecule has 1 fully saturated rings. The molecule has 9 nitrogen and oxygen atoms in total. The lowest BCUT2D eigenvalue weighted by molar-refractivity contribution is -0.116. The van der Waals surface area contributed by atoms with Gasteiger partial charge in [0.05, 0.1) is 0 Å². The molecule has 4 rings (SSSR count). The Kier molecular flexibility index (Phi) is 10.0. The highest BCUT2D eigenvalue weighted by atomic mass is 16.2. The molecule has 3 heterocycles. The van der Waals surface area contributed by atoms with E-state index in [0.717, 1.165) is 47.7 Å². The summed E-state index contributed by atoms with van der Waals surface area (Å²) in [6.07, 6.45) is 5.60. The number of rotatable bonds is 6. The van der Waals surface area contributed by atoms with Crippen LogP contribution in [0.25, 0.3) is 5.70 Å². The van der Waals surface area contributed by atoms with Crippen LogP contribution < -0.4 is 26.2 Å². The maximum absolute atomic E-state index is 12.8. The van der Waals surface area contributed by atoms with Gasteiger partial charge < -0.3 is 20.9 Å². The van der Waals surface area contributed by atoms with Crippen LogP contribution in [0.4, 0.5) is 22.0 Å². The van der Waals surface area contributed by atoms with Gasteiger partial charge in [-0.05, 0) is 75.3 Å². The van der Waals surface area contributed by atoms with Gasteiger partial charge in [0.25, 0.3) is 5.91 Å². The number of benzene rings is 1. The molecule has 4 N–H and O–H groups in total. The van der Waals surface area contributed by atoms with E-state index >= 15 is 0 Å². The van der Waals surface area contributed by atoms with E-state index in [1.165, 1.54) is 5.57 Å². The van der Waals surface area contributed by atoms with Crippen LogP contribution in [-0.4, -0.2) is 41.9 Å². The number of carbonyl (C=O) groups is 2. The van der Waals surface area contributed by atoms with Crippen molar-refractivity contribution in [2.75, 3.05) is 28.6 Å². The van der Waals surface area contributed by atoms with E-state index in [0.29, 0.717) is 24.0 Å². The number of carbonyl (C=O) groups excluding carboxylic acids is 2. The SMILES string of the molecule is CC#CN=C1NC(c2ccc(NC(=O)Nc3cc(N4CCCC(NC(=O)C#CC)C4)ccn3)cc2)=C/C1=C(/C)C(C)C. The van der Waals surface area contributed by atoms with Gasteiger partial charge in [0.1, 0.15) is 11.7 Å². The van der Waals surface area contributed by atoms with E-state index < -0.39 is 6.03 Å². The molecule has 0 spiro atoms. The smallest absolute Gasteiger partial charge is 0.324 e. The average molecular weight is 564 g/mol. The minimum Gasteiger partial charge on any atom is -0.369 e. The lowest BCUT2D eigenvalue weighted by Crippen LogP contribution is -2.47. The van der Waals surface area contributed by atoms with Crippen LogP contribution in [-0.2, 0) is 4.79 Å². The van der Waals surface area contributed by atoms with Crippen molar-refractivity contribution in [3.63, 3.8) is 0 Å². The van der Waals surface area contributed by atoms with Crippen molar-refractivity contribution < 1.29 is 9.59 Å². The third-order valence-electron chi connectivity index (χ3n) is 7.17. The quantitative estimate of drug-likeness (QED) is 0.364. The molecular weight excluding hydrogens is 526 g/mol. The molecular formula is C33H37N7O2. The normalized spacial score (nSPS) is 18.1. The van der Waals surface area contributed by atoms with Gasteiger partial charge in [0.15, 0.2) is 0 Å². The summed E-state index contributed by atoms with van der Waals surface area (Å²) in [7, 11) is 0. The van der Waals surface area contributed by atoms with E-state index in [9.17, 15) is 9.59 Å². The van der Waals surface area contributed by atoms with E-state index in [1.54, 1.807) is 20.0 Å². The maximum Gasteiger partial charge on any atom is 0.324 e. The summed E-state index contributed by atoms with van der Waals surface area (Å²) in [5.74, 6) is 9.28. The molecule has 0 bridgehead atoms. The van der Waals surface area contributed by atoms with Crippen molar-refractivity contribution in [2.24, 2.45) is 10.9 Å². The number of nitrogens with zero attached hydrogens (tertiary/aromatic N) is 3. The summed E-state index contributed by atoms with van der Waals surface area (Å²) in [5, 5.41) is 12.0. The zero-order valence-electron chi connectivity index (χ0n) is 24.8. The summed E-state index contributed by atoms with van der Waals surface area (Å²) < 4.78 is 0. The van der Waals surface area contributed by atoms with Crippen LogP contribution in [0.2, 0.25) is 0 Å². The second-order valence-corrected chi connectivity index (χ2v) is 10.4. The van der Waals surface area contributed by atoms with E-state index in [2.05, 4.69) is 86.8 Å². The van der Waals surface area contributed by atoms with Crippen LogP contribution in [0.1, 0.15) is 53.0 Å². The minimum atomic E-state index is -0.391. The van der Waals surface area contributed by atoms with Crippen molar-refractivity contribution in [1.29, 1.82) is 0 Å². The Balaban J connectivity index is 1.38. The molecule has 0 saturated carbocycles. The topological polar surface area (TPSA) is 111 Å². The fourth-order valence-corrected chi connectivity index (χ4v) is 4.77. The first kappa shape index (κ1) is 30.0. The molecule has 1 aromatic heterocycles. The number of hydrogen-bond acceptors (Lipinski definition) is 5. The summed E-state index contributed by atoms with van der Waals surface area (Å²) in [5.41, 5.74) is 5.76. The molecule has 3 amide bonds. The standard InChI is InChI=1S/C33H37N7O2/c1-6-9-31(41)36-26-10-8-18-40(21-26)27-15-17-34-30(19-27)39-33(42)37-25-13-11-24(12-14-25)29-20-28(23(5)22(3)4)32(38-29)35-16-7-2/h11-15,17,19-20,22,26H,8,10,18,21H2,1-5H3,(H,35,38)(H,36,41)(H2,34,37,39,42)/b28-23+. The molecule has 216 valence electrons. The molecule has 1 saturated heterocycles. The largest absolute Gasteiger partial charge is 0.369 e. The van der Waals surface area contributed by atoms with E-state index in [1.807, 2.05) is 36.4 Å². The Morgan fingerprint density at radius 3 is 2.62 bits per heavy atom. The van der Waals surface area contributed by atoms with Gasteiger partial charge in [-0.25, -0.2) is 9.78 Å². The number of nitrogens with one attached hydrogen (secondary N) is 4. The van der Waals surface area contributed by atoms with Crippen LogP contribution in [0.3, 0.4) is 0 Å². The highest BCUT2D eigenvalue weighted by molar-refractivity contribution is 6.12. The van der Waals surface area contributed by atoms with E-state index in [4.69, 9.17) is 0 Å². The first-order valence-corrected chi connectivity index (χ1v) is 14.1. The van der Waals surface area contributed by atoms with Crippen molar-refractivity contribution >= 4 is 40.7 Å². The molecule has 0 radical (unpaired) electrons. The van der Waals surface area contributed by atoms with Gasteiger partial charge >= 0.3 is 6.03 Å². The molecule has 2 aliphatic rings. The molecule has 0 aliphatic carbocycles. The first-order chi connectivity index (χ1) is 20.3. The van der Waals surface area contributed by atoms with Crippen LogP contribution in [0.15, 0.2) is 64.8 Å². The molecule has 9 heteroatoms. The summed E-state index contributed by atoms with van der Waals surface area (Å²) in [6, 6.07) is 13.8. The Morgan fingerprint density at radius 2 is 1.90 bits per heavy atom. The molecule has 2 aliphatic heterocycles. The van der Waals surface area contributed by atoms with Gasteiger partial charge in [0.2, 0.25) is 0 Å². The fraction of sp³-hybridized carbons (Fsp3) is 0.333. The average Bonchev–Trinajstić information content (AvgIpc) is 3.40. The lowest BCUT2D eigenvalue weighted by atomic mass is 9.98. The summed E-state index contributed by atoms with van der Waals surface area (Å²) in [4.78, 5) is 35.5. The number of urea groups is 1. The molecule has 1 atom stereocenters. The summed E-state index contributed by atoms with van der Waals surface area (Å²) >= 11 is 0. The van der Waals surface area contributed by atoms with Gasteiger partial charge in [-0.3, -0.25) is 10.1 Å². The number of hydrogen-bond donors (Lipinski definition) is 4. The summed E-state index contributed by atoms with van der Waals surface area (Å²) in [6.45, 7) is 11.3.